The van der Waals surface area contributed by atoms with Gasteiger partial charge in [0.15, 0.2) is 0 Å². The Labute approximate surface area is 157 Å². The van der Waals surface area contributed by atoms with Gasteiger partial charge in [-0.05, 0) is 25.5 Å². The largest absolute Gasteiger partial charge is 0.495 e. The van der Waals surface area contributed by atoms with Crippen LogP contribution in [0.3, 0.4) is 0 Å². The molecule has 1 aromatic carbocycles. The summed E-state index contributed by atoms with van der Waals surface area (Å²) in [7, 11) is 4.23. The molecule has 7 nitrogen and oxygen atoms in total. The first-order chi connectivity index (χ1) is 12.9. The minimum absolute atomic E-state index is 0.368. The smallest absolute Gasteiger partial charge is 0.336 e. The summed E-state index contributed by atoms with van der Waals surface area (Å²) in [5, 5.41) is 3.95. The van der Waals surface area contributed by atoms with Crippen molar-refractivity contribution in [2.75, 3.05) is 21.3 Å². The molecule has 1 aliphatic heterocycles. The third kappa shape index (κ3) is 2.95. The van der Waals surface area contributed by atoms with Crippen LogP contribution in [0.4, 0.5) is 0 Å². The van der Waals surface area contributed by atoms with Crippen LogP contribution in [0.5, 0.6) is 5.75 Å². The molecule has 0 spiro atoms. The Balaban J connectivity index is 2.31. The van der Waals surface area contributed by atoms with E-state index in [0.717, 1.165) is 16.5 Å². The molecule has 7 heteroatoms. The highest BCUT2D eigenvalue weighted by atomic mass is 16.5. The molecule has 2 N–H and O–H groups in total. The van der Waals surface area contributed by atoms with Gasteiger partial charge < -0.3 is 24.5 Å². The zero-order valence-corrected chi connectivity index (χ0v) is 15.9. The van der Waals surface area contributed by atoms with Crippen LogP contribution in [0.1, 0.15) is 25.3 Å². The zero-order chi connectivity index (χ0) is 19.7. The third-order valence-corrected chi connectivity index (χ3v) is 4.81. The highest BCUT2D eigenvalue weighted by Gasteiger charge is 2.38. The van der Waals surface area contributed by atoms with Crippen molar-refractivity contribution in [1.29, 1.82) is 0 Å². The van der Waals surface area contributed by atoms with Crippen molar-refractivity contribution >= 4 is 22.8 Å². The SMILES string of the molecule is COC(=O)C1=C(C)NC(C)=C(C(=O)OC)C1c1c[nH]c2c(OC)cccc12. The maximum atomic E-state index is 12.6. The highest BCUT2D eigenvalue weighted by Crippen LogP contribution is 2.42. The van der Waals surface area contributed by atoms with Crippen molar-refractivity contribution < 1.29 is 23.8 Å². The molecule has 0 radical (unpaired) electrons. The molecule has 0 saturated carbocycles. The van der Waals surface area contributed by atoms with E-state index in [1.807, 2.05) is 18.2 Å². The lowest BCUT2D eigenvalue weighted by molar-refractivity contribution is -0.137. The number of benzene rings is 1. The summed E-state index contributed by atoms with van der Waals surface area (Å²) in [6.07, 6.45) is 1.79. The second-order valence-corrected chi connectivity index (χ2v) is 6.25. The number of carbonyl (C=O) groups excluding carboxylic acids is 2. The molecule has 0 bridgehead atoms. The lowest BCUT2D eigenvalue weighted by atomic mass is 9.80. The summed E-state index contributed by atoms with van der Waals surface area (Å²) < 4.78 is 15.4. The molecular formula is C20H22N2O5. The molecule has 142 valence electrons. The van der Waals surface area contributed by atoms with Gasteiger partial charge in [-0.15, -0.1) is 0 Å². The monoisotopic (exact) mass is 370 g/mol. The lowest BCUT2D eigenvalue weighted by Crippen LogP contribution is -2.31. The fraction of sp³-hybridized carbons (Fsp3) is 0.300. The minimum Gasteiger partial charge on any atom is -0.495 e. The van der Waals surface area contributed by atoms with Gasteiger partial charge in [0.05, 0.1) is 43.9 Å². The van der Waals surface area contributed by atoms with Crippen LogP contribution in [-0.2, 0) is 19.1 Å². The van der Waals surface area contributed by atoms with E-state index in [2.05, 4.69) is 10.3 Å². The van der Waals surface area contributed by atoms with E-state index in [1.165, 1.54) is 14.2 Å². The number of carbonyl (C=O) groups is 2. The molecule has 0 atom stereocenters. The second-order valence-electron chi connectivity index (χ2n) is 6.25. The predicted octanol–water partition coefficient (Wildman–Crippen LogP) is 2.76. The molecule has 0 amide bonds. The molecule has 27 heavy (non-hydrogen) atoms. The summed E-state index contributed by atoms with van der Waals surface area (Å²) in [6, 6.07) is 5.62. The van der Waals surface area contributed by atoms with Gasteiger partial charge in [-0.3, -0.25) is 0 Å². The number of hydrogen-bond acceptors (Lipinski definition) is 6. The predicted molar refractivity (Wildman–Crippen MR) is 100 cm³/mol. The maximum Gasteiger partial charge on any atom is 0.336 e. The number of nitrogens with one attached hydrogen (secondary N) is 2. The molecule has 0 aliphatic carbocycles. The Bertz CT molecular complexity index is 945. The molecular weight excluding hydrogens is 348 g/mol. The van der Waals surface area contributed by atoms with E-state index in [4.69, 9.17) is 14.2 Å². The Morgan fingerprint density at radius 3 is 2.07 bits per heavy atom. The molecule has 1 aliphatic rings. The van der Waals surface area contributed by atoms with Gasteiger partial charge in [0, 0.05) is 23.0 Å². The van der Waals surface area contributed by atoms with Crippen molar-refractivity contribution in [3.05, 3.63) is 52.5 Å². The number of H-pyrrole nitrogens is 1. The molecule has 3 rings (SSSR count). The number of allylic oxidation sites excluding steroid dienone is 2. The lowest BCUT2D eigenvalue weighted by Gasteiger charge is -2.29. The van der Waals surface area contributed by atoms with Gasteiger partial charge in [-0.2, -0.15) is 0 Å². The fourth-order valence-electron chi connectivity index (χ4n) is 3.62. The fourth-order valence-corrected chi connectivity index (χ4v) is 3.62. The molecule has 0 fully saturated rings. The molecule has 2 heterocycles. The number of dihydropyridines is 1. The van der Waals surface area contributed by atoms with Crippen LogP contribution in [0.2, 0.25) is 0 Å². The van der Waals surface area contributed by atoms with E-state index in [-0.39, 0.29) is 0 Å². The molecule has 2 aromatic rings. The summed E-state index contributed by atoms with van der Waals surface area (Å²) in [5.74, 6) is -0.965. The number of aromatic nitrogens is 1. The minimum atomic E-state index is -0.632. The zero-order valence-electron chi connectivity index (χ0n) is 15.9. The van der Waals surface area contributed by atoms with Crippen LogP contribution < -0.4 is 10.1 Å². The van der Waals surface area contributed by atoms with Gasteiger partial charge in [-0.1, -0.05) is 12.1 Å². The van der Waals surface area contributed by atoms with E-state index < -0.39 is 17.9 Å². The average Bonchev–Trinajstić information content (AvgIpc) is 3.10. The number of methoxy groups -OCH3 is 3. The van der Waals surface area contributed by atoms with E-state index in [0.29, 0.717) is 28.3 Å². The van der Waals surface area contributed by atoms with Crippen molar-refractivity contribution in [3.8, 4) is 5.75 Å². The molecule has 1 aromatic heterocycles. The number of hydrogen-bond donors (Lipinski definition) is 2. The van der Waals surface area contributed by atoms with Gasteiger partial charge in [-0.25, -0.2) is 9.59 Å². The third-order valence-electron chi connectivity index (χ3n) is 4.81. The Kier molecular flexibility index (Phi) is 4.94. The second kappa shape index (κ2) is 7.19. The van der Waals surface area contributed by atoms with Crippen LogP contribution in [-0.4, -0.2) is 38.3 Å². The Hall–Kier alpha value is -3.22. The summed E-state index contributed by atoms with van der Waals surface area (Å²) >= 11 is 0. The molecule has 0 unspecified atom stereocenters. The summed E-state index contributed by atoms with van der Waals surface area (Å²) in [6.45, 7) is 3.57. The van der Waals surface area contributed by atoms with E-state index in [1.54, 1.807) is 27.2 Å². The number of ether oxygens (including phenoxy) is 3. The van der Waals surface area contributed by atoms with Crippen molar-refractivity contribution in [2.45, 2.75) is 19.8 Å². The first kappa shape index (κ1) is 18.6. The van der Waals surface area contributed by atoms with E-state index in [9.17, 15) is 9.59 Å². The Morgan fingerprint density at radius 1 is 0.963 bits per heavy atom. The van der Waals surface area contributed by atoms with Crippen LogP contribution in [0, 0.1) is 0 Å². The maximum absolute atomic E-state index is 12.6. The number of aromatic amines is 1. The van der Waals surface area contributed by atoms with Crippen molar-refractivity contribution in [3.63, 3.8) is 0 Å². The number of fused-ring (bicyclic) bond motifs is 1. The highest BCUT2D eigenvalue weighted by molar-refractivity contribution is 6.02. The van der Waals surface area contributed by atoms with E-state index >= 15 is 0 Å². The summed E-state index contributed by atoms with van der Waals surface area (Å²) in [4.78, 5) is 28.3. The number of rotatable bonds is 4. The standard InChI is InChI=1S/C20H22N2O5/c1-10-15(19(23)26-4)17(16(11(2)22-10)20(24)27-5)13-9-21-18-12(13)7-6-8-14(18)25-3/h6-9,17,21-22H,1-5H3. The van der Waals surface area contributed by atoms with Gasteiger partial charge in [0.25, 0.3) is 0 Å². The Morgan fingerprint density at radius 2 is 1.56 bits per heavy atom. The first-order valence-corrected chi connectivity index (χ1v) is 8.43. The average molecular weight is 370 g/mol. The van der Waals surface area contributed by atoms with Gasteiger partial charge >= 0.3 is 11.9 Å². The van der Waals surface area contributed by atoms with Gasteiger partial charge in [0.2, 0.25) is 0 Å². The first-order valence-electron chi connectivity index (χ1n) is 8.43. The quantitative estimate of drug-likeness (QED) is 0.805. The van der Waals surface area contributed by atoms with Crippen LogP contribution >= 0.6 is 0 Å². The summed E-state index contributed by atoms with van der Waals surface area (Å²) in [5.41, 5.74) is 3.56. The van der Waals surface area contributed by atoms with Crippen LogP contribution in [0.15, 0.2) is 46.9 Å². The topological polar surface area (TPSA) is 89.6 Å². The normalized spacial score (nSPS) is 15.0. The number of para-hydroxylation sites is 1. The number of esters is 2. The van der Waals surface area contributed by atoms with Crippen molar-refractivity contribution in [2.24, 2.45) is 0 Å². The van der Waals surface area contributed by atoms with Crippen LogP contribution in [0.25, 0.3) is 10.9 Å². The molecule has 0 saturated heterocycles. The van der Waals surface area contributed by atoms with Crippen molar-refractivity contribution in [1.82, 2.24) is 10.3 Å². The van der Waals surface area contributed by atoms with Gasteiger partial charge in [0.1, 0.15) is 5.75 Å².